The van der Waals surface area contributed by atoms with Crippen molar-refractivity contribution in [1.82, 2.24) is 0 Å². The lowest BCUT2D eigenvalue weighted by Crippen LogP contribution is -2.13. The second-order valence-electron chi connectivity index (χ2n) is 3.51. The maximum Gasteiger partial charge on any atom is 0.0564 e. The Balaban J connectivity index is 2.22. The van der Waals surface area contributed by atoms with Crippen LogP contribution in [0.5, 0.6) is 0 Å². The van der Waals surface area contributed by atoms with Crippen molar-refractivity contribution in [3.05, 3.63) is 36.4 Å². The molecule has 2 aromatic rings. The number of nitrogens with zero attached hydrogens (tertiary/aromatic N) is 1. The van der Waals surface area contributed by atoms with E-state index in [1.807, 2.05) is 0 Å². The molecule has 0 amide bonds. The topological polar surface area (TPSA) is 3.24 Å². The van der Waals surface area contributed by atoms with E-state index in [2.05, 4.69) is 40.7 Å². The van der Waals surface area contributed by atoms with Gasteiger partial charge in [0.05, 0.1) is 5.69 Å². The van der Waals surface area contributed by atoms with Crippen molar-refractivity contribution in [3.63, 3.8) is 0 Å². The fourth-order valence-electron chi connectivity index (χ4n) is 1.98. The van der Waals surface area contributed by atoms with Crippen molar-refractivity contribution < 1.29 is 0 Å². The summed E-state index contributed by atoms with van der Waals surface area (Å²) < 4.78 is 2.27. The quantitative estimate of drug-likeness (QED) is 0.574. The predicted molar refractivity (Wildman–Crippen MR) is 67.9 cm³/mol. The number of benzene rings is 2. The molecule has 1 nitrogen and oxygen atoms in total. The molecular formula is C12H10ClNS. The molecule has 15 heavy (non-hydrogen) atoms. The van der Waals surface area contributed by atoms with Gasteiger partial charge in [0, 0.05) is 22.7 Å². The summed E-state index contributed by atoms with van der Waals surface area (Å²) in [5, 5.41) is 2.68. The third-order valence-electron chi connectivity index (χ3n) is 2.61. The highest BCUT2D eigenvalue weighted by atomic mass is 35.5. The molecule has 0 fully saturated rings. The van der Waals surface area contributed by atoms with E-state index in [0.29, 0.717) is 5.88 Å². The SMILES string of the molecule is ClCCN1Sc2cccc3cccc1c23. The van der Waals surface area contributed by atoms with Crippen LogP contribution in [0.25, 0.3) is 10.8 Å². The Hall–Kier alpha value is -0.860. The molecular weight excluding hydrogens is 226 g/mol. The number of rotatable bonds is 2. The molecule has 0 aliphatic carbocycles. The summed E-state index contributed by atoms with van der Waals surface area (Å²) in [6, 6.07) is 12.9. The Morgan fingerprint density at radius 3 is 2.73 bits per heavy atom. The normalized spacial score (nSPS) is 13.8. The van der Waals surface area contributed by atoms with E-state index in [0.717, 1.165) is 6.54 Å². The Morgan fingerprint density at radius 2 is 1.93 bits per heavy atom. The Bertz CT molecular complexity index is 507. The van der Waals surface area contributed by atoms with E-state index >= 15 is 0 Å². The molecule has 1 aliphatic heterocycles. The lowest BCUT2D eigenvalue weighted by molar-refractivity contribution is 1.13. The molecule has 0 N–H and O–H groups in total. The van der Waals surface area contributed by atoms with Gasteiger partial charge in [0.25, 0.3) is 0 Å². The number of anilines is 1. The summed E-state index contributed by atoms with van der Waals surface area (Å²) in [6.07, 6.45) is 0. The first-order valence-electron chi connectivity index (χ1n) is 4.93. The van der Waals surface area contributed by atoms with Gasteiger partial charge in [-0.1, -0.05) is 24.3 Å². The van der Waals surface area contributed by atoms with Gasteiger partial charge in [-0.2, -0.15) is 0 Å². The lowest BCUT2D eigenvalue weighted by Gasteiger charge is -2.15. The van der Waals surface area contributed by atoms with Crippen LogP contribution in [0.3, 0.4) is 0 Å². The zero-order chi connectivity index (χ0) is 10.3. The summed E-state index contributed by atoms with van der Waals surface area (Å²) in [6.45, 7) is 0.889. The Kier molecular flexibility index (Phi) is 2.26. The van der Waals surface area contributed by atoms with Gasteiger partial charge in [0.15, 0.2) is 0 Å². The average molecular weight is 236 g/mol. The second-order valence-corrected chi connectivity index (χ2v) is 4.95. The minimum atomic E-state index is 0.664. The van der Waals surface area contributed by atoms with Crippen LogP contribution in [0.4, 0.5) is 5.69 Å². The van der Waals surface area contributed by atoms with Gasteiger partial charge in [-0.05, 0) is 29.5 Å². The standard InChI is InChI=1S/C12H10ClNS/c13-7-8-14-10-5-1-3-9-4-2-6-11(15-14)12(9)10/h1-6H,7-8H2. The summed E-state index contributed by atoms with van der Waals surface area (Å²) in [4.78, 5) is 1.34. The molecule has 1 heterocycles. The van der Waals surface area contributed by atoms with Crippen LogP contribution < -0.4 is 4.31 Å². The maximum atomic E-state index is 5.80. The highest BCUT2D eigenvalue weighted by Gasteiger charge is 2.21. The summed E-state index contributed by atoms with van der Waals surface area (Å²) in [5.41, 5.74) is 1.30. The van der Waals surface area contributed by atoms with Gasteiger partial charge in [-0.15, -0.1) is 11.6 Å². The van der Waals surface area contributed by atoms with E-state index in [1.54, 1.807) is 11.9 Å². The van der Waals surface area contributed by atoms with Crippen LogP contribution in [0.1, 0.15) is 0 Å². The second kappa shape index (κ2) is 3.62. The van der Waals surface area contributed by atoms with Crippen molar-refractivity contribution in [1.29, 1.82) is 0 Å². The van der Waals surface area contributed by atoms with Crippen LogP contribution >= 0.6 is 23.5 Å². The maximum absolute atomic E-state index is 5.80. The van der Waals surface area contributed by atoms with Crippen molar-refractivity contribution in [2.75, 3.05) is 16.7 Å². The number of alkyl halides is 1. The Morgan fingerprint density at radius 1 is 1.13 bits per heavy atom. The minimum absolute atomic E-state index is 0.664. The lowest BCUT2D eigenvalue weighted by atomic mass is 10.1. The van der Waals surface area contributed by atoms with Gasteiger partial charge >= 0.3 is 0 Å². The van der Waals surface area contributed by atoms with Gasteiger partial charge in [-0.25, -0.2) is 0 Å². The van der Waals surface area contributed by atoms with Gasteiger partial charge in [-0.3, -0.25) is 0 Å². The highest BCUT2D eigenvalue weighted by molar-refractivity contribution is 8.01. The molecule has 1 aliphatic rings. The highest BCUT2D eigenvalue weighted by Crippen LogP contribution is 2.45. The monoisotopic (exact) mass is 235 g/mol. The van der Waals surface area contributed by atoms with E-state index in [1.165, 1.54) is 21.4 Å². The zero-order valence-electron chi connectivity index (χ0n) is 8.11. The van der Waals surface area contributed by atoms with Crippen molar-refractivity contribution >= 4 is 40.0 Å². The van der Waals surface area contributed by atoms with Crippen molar-refractivity contribution in [2.45, 2.75) is 4.90 Å². The van der Waals surface area contributed by atoms with Crippen LogP contribution in [-0.2, 0) is 0 Å². The first kappa shape index (κ1) is 9.37. The largest absolute Gasteiger partial charge is 0.310 e. The first-order chi connectivity index (χ1) is 7.40. The molecule has 2 aromatic carbocycles. The fourth-order valence-corrected chi connectivity index (χ4v) is 3.37. The van der Waals surface area contributed by atoms with Crippen LogP contribution in [0, 0.1) is 0 Å². The van der Waals surface area contributed by atoms with Gasteiger partial charge in [0.2, 0.25) is 0 Å². The van der Waals surface area contributed by atoms with E-state index in [4.69, 9.17) is 11.6 Å². The van der Waals surface area contributed by atoms with Crippen LogP contribution in [-0.4, -0.2) is 12.4 Å². The molecule has 3 heteroatoms. The van der Waals surface area contributed by atoms with Gasteiger partial charge < -0.3 is 4.31 Å². The third-order valence-corrected chi connectivity index (χ3v) is 3.91. The fraction of sp³-hybridized carbons (Fsp3) is 0.167. The third kappa shape index (κ3) is 1.40. The van der Waals surface area contributed by atoms with Crippen LogP contribution in [0.15, 0.2) is 41.3 Å². The molecule has 0 unspecified atom stereocenters. The van der Waals surface area contributed by atoms with Crippen LogP contribution in [0.2, 0.25) is 0 Å². The van der Waals surface area contributed by atoms with E-state index < -0.39 is 0 Å². The molecule has 0 aromatic heterocycles. The zero-order valence-corrected chi connectivity index (χ0v) is 9.68. The molecule has 0 atom stereocenters. The molecule has 0 radical (unpaired) electrons. The number of halogens is 1. The summed E-state index contributed by atoms with van der Waals surface area (Å²) >= 11 is 7.59. The summed E-state index contributed by atoms with van der Waals surface area (Å²) in [7, 11) is 0. The minimum Gasteiger partial charge on any atom is -0.310 e. The smallest absolute Gasteiger partial charge is 0.0564 e. The number of hydrogen-bond donors (Lipinski definition) is 0. The molecule has 0 saturated carbocycles. The Labute approximate surface area is 98.2 Å². The van der Waals surface area contributed by atoms with Crippen molar-refractivity contribution in [2.24, 2.45) is 0 Å². The number of hydrogen-bond acceptors (Lipinski definition) is 2. The van der Waals surface area contributed by atoms with E-state index in [9.17, 15) is 0 Å². The van der Waals surface area contributed by atoms with Crippen molar-refractivity contribution in [3.8, 4) is 0 Å². The average Bonchev–Trinajstić information content (AvgIpc) is 2.61. The molecule has 0 saturated heterocycles. The predicted octanol–water partition coefficient (Wildman–Crippen LogP) is 3.91. The molecule has 76 valence electrons. The summed E-state index contributed by atoms with van der Waals surface area (Å²) in [5.74, 6) is 0.664. The molecule has 0 bridgehead atoms. The first-order valence-corrected chi connectivity index (χ1v) is 6.24. The van der Waals surface area contributed by atoms with E-state index in [-0.39, 0.29) is 0 Å². The van der Waals surface area contributed by atoms with Gasteiger partial charge in [0.1, 0.15) is 0 Å². The molecule has 3 rings (SSSR count). The molecule has 0 spiro atoms.